The van der Waals surface area contributed by atoms with E-state index in [1.165, 1.54) is 7.11 Å². The number of rotatable bonds is 5. The minimum absolute atomic E-state index is 0.0115. The maximum atomic E-state index is 13.9. The Kier molecular flexibility index (Phi) is 6.21. The Morgan fingerprint density at radius 3 is 2.67 bits per heavy atom. The van der Waals surface area contributed by atoms with Crippen molar-refractivity contribution >= 4 is 23.2 Å². The van der Waals surface area contributed by atoms with Crippen LogP contribution in [-0.2, 0) is 6.42 Å². The third-order valence-electron chi connectivity index (χ3n) is 5.34. The van der Waals surface area contributed by atoms with Crippen LogP contribution in [0.2, 0.25) is 0 Å². The van der Waals surface area contributed by atoms with Crippen LogP contribution in [0.5, 0.6) is 5.75 Å². The predicted octanol–water partition coefficient (Wildman–Crippen LogP) is 4.60. The van der Waals surface area contributed by atoms with Crippen molar-refractivity contribution in [1.82, 2.24) is 5.43 Å². The molecule has 0 atom stereocenters. The molecule has 0 saturated heterocycles. The lowest BCUT2D eigenvalue weighted by Gasteiger charge is -2.13. The number of hydrazone groups is 1. The number of hydrogen-bond donors (Lipinski definition) is 2. The number of nitrogens with zero attached hydrogens (tertiary/aromatic N) is 1. The fraction of sp³-hybridized carbons (Fsp3) is 0.208. The highest BCUT2D eigenvalue weighted by atomic mass is 19.1. The highest BCUT2D eigenvalue weighted by molar-refractivity contribution is 6.09. The van der Waals surface area contributed by atoms with E-state index in [0.29, 0.717) is 52.8 Å². The minimum atomic E-state index is -0.889. The van der Waals surface area contributed by atoms with Crippen molar-refractivity contribution in [2.75, 3.05) is 12.4 Å². The zero-order valence-electron chi connectivity index (χ0n) is 18.0. The molecule has 2 N–H and O–H groups in total. The highest BCUT2D eigenvalue weighted by Gasteiger charge is 2.28. The second kappa shape index (κ2) is 9.23. The standard InChI is InChI=1S/C24H21F2N3O4/c1-13-21-19(28-29-23(30)14-5-3-6-16(11-14)32-2)7-4-8-20(21)33-22(13)24(31)27-18-10-9-15(25)12-17(18)26/h3,5-6,9-12H,4,7-8H2,1-2H3,(H,27,31)(H,29,30)/b28-19+. The lowest BCUT2D eigenvalue weighted by Crippen LogP contribution is -2.22. The summed E-state index contributed by atoms with van der Waals surface area (Å²) in [7, 11) is 1.51. The van der Waals surface area contributed by atoms with E-state index in [-0.39, 0.29) is 11.4 Å². The Hall–Kier alpha value is -4.01. The maximum absolute atomic E-state index is 13.9. The molecule has 1 heterocycles. The van der Waals surface area contributed by atoms with E-state index in [4.69, 9.17) is 9.15 Å². The van der Waals surface area contributed by atoms with E-state index < -0.39 is 23.4 Å². The molecule has 33 heavy (non-hydrogen) atoms. The fourth-order valence-electron chi connectivity index (χ4n) is 3.71. The summed E-state index contributed by atoms with van der Waals surface area (Å²) in [4.78, 5) is 25.2. The van der Waals surface area contributed by atoms with Gasteiger partial charge in [0.25, 0.3) is 11.8 Å². The van der Waals surface area contributed by atoms with Gasteiger partial charge in [0.15, 0.2) is 5.76 Å². The van der Waals surface area contributed by atoms with E-state index in [9.17, 15) is 18.4 Å². The third kappa shape index (κ3) is 4.62. The molecule has 1 aliphatic carbocycles. The number of nitrogens with one attached hydrogen (secondary N) is 2. The van der Waals surface area contributed by atoms with Crippen LogP contribution in [0.3, 0.4) is 0 Å². The van der Waals surface area contributed by atoms with Gasteiger partial charge in [-0.15, -0.1) is 0 Å². The molecule has 0 spiro atoms. The van der Waals surface area contributed by atoms with Crippen LogP contribution in [0, 0.1) is 18.6 Å². The molecule has 0 saturated carbocycles. The molecular formula is C24H21F2N3O4. The normalized spacial score (nSPS) is 14.0. The number of aryl methyl sites for hydroxylation is 1. The van der Waals surface area contributed by atoms with Gasteiger partial charge >= 0.3 is 0 Å². The molecular weight excluding hydrogens is 432 g/mol. The number of anilines is 1. The number of benzene rings is 2. The molecule has 1 aliphatic rings. The average Bonchev–Trinajstić information content (AvgIpc) is 3.16. The van der Waals surface area contributed by atoms with Gasteiger partial charge in [0.1, 0.15) is 23.1 Å². The topological polar surface area (TPSA) is 92.9 Å². The van der Waals surface area contributed by atoms with Gasteiger partial charge in [-0.3, -0.25) is 9.59 Å². The van der Waals surface area contributed by atoms with Crippen LogP contribution in [0.25, 0.3) is 0 Å². The van der Waals surface area contributed by atoms with Crippen LogP contribution >= 0.6 is 0 Å². The minimum Gasteiger partial charge on any atom is -0.497 e. The first-order chi connectivity index (χ1) is 15.9. The molecule has 2 aromatic carbocycles. The number of methoxy groups -OCH3 is 1. The fourth-order valence-corrected chi connectivity index (χ4v) is 3.71. The molecule has 4 rings (SSSR count). The first-order valence-corrected chi connectivity index (χ1v) is 10.3. The molecule has 0 radical (unpaired) electrons. The van der Waals surface area contributed by atoms with E-state index in [1.807, 2.05) is 0 Å². The van der Waals surface area contributed by atoms with Gasteiger partial charge in [0.05, 0.1) is 18.5 Å². The van der Waals surface area contributed by atoms with Gasteiger partial charge in [-0.1, -0.05) is 6.07 Å². The maximum Gasteiger partial charge on any atom is 0.291 e. The molecule has 0 aliphatic heterocycles. The van der Waals surface area contributed by atoms with Crippen LogP contribution in [0.1, 0.15) is 50.6 Å². The van der Waals surface area contributed by atoms with Crippen molar-refractivity contribution in [2.24, 2.45) is 5.10 Å². The van der Waals surface area contributed by atoms with Gasteiger partial charge in [-0.25, -0.2) is 14.2 Å². The zero-order valence-corrected chi connectivity index (χ0v) is 18.0. The van der Waals surface area contributed by atoms with Crippen molar-refractivity contribution in [3.05, 3.63) is 82.3 Å². The van der Waals surface area contributed by atoms with Crippen LogP contribution in [0.15, 0.2) is 52.0 Å². The summed E-state index contributed by atoms with van der Waals surface area (Å²) in [5.74, 6) is -1.57. The van der Waals surface area contributed by atoms with E-state index in [0.717, 1.165) is 18.6 Å². The van der Waals surface area contributed by atoms with Crippen molar-refractivity contribution < 1.29 is 27.5 Å². The lowest BCUT2D eigenvalue weighted by atomic mass is 9.93. The van der Waals surface area contributed by atoms with Crippen molar-refractivity contribution in [2.45, 2.75) is 26.2 Å². The summed E-state index contributed by atoms with van der Waals surface area (Å²) in [6.07, 6.45) is 1.90. The summed E-state index contributed by atoms with van der Waals surface area (Å²) < 4.78 is 38.0. The number of furan rings is 1. The molecule has 3 aromatic rings. The quantitative estimate of drug-likeness (QED) is 0.553. The molecule has 0 fully saturated rings. The molecule has 0 bridgehead atoms. The van der Waals surface area contributed by atoms with E-state index >= 15 is 0 Å². The largest absolute Gasteiger partial charge is 0.497 e. The molecule has 2 amide bonds. The number of amides is 2. The first kappa shape index (κ1) is 22.2. The third-order valence-corrected chi connectivity index (χ3v) is 5.34. The molecule has 7 nitrogen and oxygen atoms in total. The number of fused-ring (bicyclic) bond motifs is 1. The number of carbonyl (C=O) groups excluding carboxylic acids is 2. The SMILES string of the molecule is COc1cccc(C(=O)N/N=C2\CCCc3oc(C(=O)Nc4ccc(F)cc4F)c(C)c32)c1. The zero-order chi connectivity index (χ0) is 23.5. The number of ether oxygens (including phenoxy) is 1. The number of carbonyl (C=O) groups is 2. The lowest BCUT2D eigenvalue weighted by molar-refractivity contribution is 0.0953. The molecule has 0 unspecified atom stereocenters. The van der Waals surface area contributed by atoms with Crippen molar-refractivity contribution in [3.8, 4) is 5.75 Å². The van der Waals surface area contributed by atoms with E-state index in [1.54, 1.807) is 31.2 Å². The van der Waals surface area contributed by atoms with Crippen molar-refractivity contribution in [3.63, 3.8) is 0 Å². The Morgan fingerprint density at radius 1 is 1.09 bits per heavy atom. The summed E-state index contributed by atoms with van der Waals surface area (Å²) in [6.45, 7) is 1.70. The Morgan fingerprint density at radius 2 is 1.91 bits per heavy atom. The van der Waals surface area contributed by atoms with Crippen LogP contribution in [-0.4, -0.2) is 24.6 Å². The van der Waals surface area contributed by atoms with Gasteiger partial charge in [0, 0.05) is 29.2 Å². The Bertz CT molecular complexity index is 1270. The Balaban J connectivity index is 1.56. The first-order valence-electron chi connectivity index (χ1n) is 10.3. The van der Waals surface area contributed by atoms with Gasteiger partial charge in [-0.2, -0.15) is 5.10 Å². The average molecular weight is 453 g/mol. The second-order valence-electron chi connectivity index (χ2n) is 7.52. The molecule has 170 valence electrons. The molecule has 1 aromatic heterocycles. The number of hydrogen-bond acceptors (Lipinski definition) is 5. The van der Waals surface area contributed by atoms with Crippen LogP contribution < -0.4 is 15.5 Å². The summed E-state index contributed by atoms with van der Waals surface area (Å²) >= 11 is 0. The smallest absolute Gasteiger partial charge is 0.291 e. The van der Waals surface area contributed by atoms with E-state index in [2.05, 4.69) is 15.8 Å². The van der Waals surface area contributed by atoms with Crippen molar-refractivity contribution in [1.29, 1.82) is 0 Å². The molecule has 9 heteroatoms. The van der Waals surface area contributed by atoms with Crippen LogP contribution in [0.4, 0.5) is 14.5 Å². The monoisotopic (exact) mass is 453 g/mol. The predicted molar refractivity (Wildman–Crippen MR) is 118 cm³/mol. The Labute approximate surface area is 188 Å². The van der Waals surface area contributed by atoms with Gasteiger partial charge in [-0.05, 0) is 50.1 Å². The number of halogens is 2. The second-order valence-corrected chi connectivity index (χ2v) is 7.52. The highest BCUT2D eigenvalue weighted by Crippen LogP contribution is 2.30. The summed E-state index contributed by atoms with van der Waals surface area (Å²) in [5, 5.41) is 6.69. The summed E-state index contributed by atoms with van der Waals surface area (Å²) in [5.41, 5.74) is 4.54. The van der Waals surface area contributed by atoms with Gasteiger partial charge < -0.3 is 14.5 Å². The summed E-state index contributed by atoms with van der Waals surface area (Å²) in [6, 6.07) is 9.55. The van der Waals surface area contributed by atoms with Gasteiger partial charge in [0.2, 0.25) is 0 Å².